The Hall–Kier alpha value is -3.49. The minimum Gasteiger partial charge on any atom is -0.361 e. The van der Waals surface area contributed by atoms with Crippen molar-refractivity contribution in [3.05, 3.63) is 47.5 Å². The van der Waals surface area contributed by atoms with Gasteiger partial charge in [-0.15, -0.1) is 10.2 Å². The van der Waals surface area contributed by atoms with E-state index in [1.165, 1.54) is 0 Å². The van der Waals surface area contributed by atoms with Crippen molar-refractivity contribution in [3.8, 4) is 0 Å². The highest BCUT2D eigenvalue weighted by molar-refractivity contribution is 6.22. The molecule has 0 bridgehead atoms. The van der Waals surface area contributed by atoms with E-state index in [0.29, 0.717) is 37.3 Å². The Morgan fingerprint density at radius 1 is 0.931 bits per heavy atom. The van der Waals surface area contributed by atoms with Crippen LogP contribution in [0.25, 0.3) is 0 Å². The van der Waals surface area contributed by atoms with Crippen molar-refractivity contribution in [3.63, 3.8) is 0 Å². The normalized spacial score (nSPS) is 16.3. The monoisotopic (exact) mass is 394 g/mol. The van der Waals surface area contributed by atoms with Gasteiger partial charge in [-0.2, -0.15) is 0 Å². The summed E-state index contributed by atoms with van der Waals surface area (Å²) < 4.78 is 0. The Morgan fingerprint density at radius 2 is 1.55 bits per heavy atom. The zero-order valence-corrected chi connectivity index (χ0v) is 16.4. The molecule has 0 atom stereocenters. The molecule has 0 unspecified atom stereocenters. The molecule has 0 spiro atoms. The standard InChI is InChI=1S/C20H22N6O3/c1-23(2)16-7-8-17(22-21-16)24-9-11-25(12-10-24)18(27)13-26-19(28)14-5-3-4-6-15(14)20(26)29/h3-8H,9-13H2,1-2H3. The highest BCUT2D eigenvalue weighted by Gasteiger charge is 2.37. The fourth-order valence-electron chi connectivity index (χ4n) is 3.53. The van der Waals surface area contributed by atoms with Crippen LogP contribution in [-0.4, -0.2) is 84.5 Å². The van der Waals surface area contributed by atoms with E-state index in [1.807, 2.05) is 31.1 Å². The van der Waals surface area contributed by atoms with Gasteiger partial charge in [0.05, 0.1) is 11.1 Å². The fourth-order valence-corrected chi connectivity index (χ4v) is 3.53. The molecule has 9 heteroatoms. The van der Waals surface area contributed by atoms with Crippen molar-refractivity contribution in [2.75, 3.05) is 56.6 Å². The molecule has 1 saturated heterocycles. The molecule has 29 heavy (non-hydrogen) atoms. The molecule has 2 aliphatic heterocycles. The van der Waals surface area contributed by atoms with Crippen LogP contribution in [0.1, 0.15) is 20.7 Å². The molecule has 4 rings (SSSR count). The van der Waals surface area contributed by atoms with Gasteiger partial charge in [0, 0.05) is 40.3 Å². The molecular formula is C20H22N6O3. The number of hydrogen-bond donors (Lipinski definition) is 0. The van der Waals surface area contributed by atoms with Gasteiger partial charge in [-0.3, -0.25) is 19.3 Å². The summed E-state index contributed by atoms with van der Waals surface area (Å²) in [6.45, 7) is 2.00. The number of hydrogen-bond acceptors (Lipinski definition) is 7. The minimum atomic E-state index is -0.408. The third-order valence-electron chi connectivity index (χ3n) is 5.22. The third-order valence-corrected chi connectivity index (χ3v) is 5.22. The Kier molecular flexibility index (Phi) is 4.87. The predicted octanol–water partition coefficient (Wildman–Crippen LogP) is 0.487. The molecule has 3 heterocycles. The van der Waals surface area contributed by atoms with Crippen LogP contribution in [-0.2, 0) is 4.79 Å². The SMILES string of the molecule is CN(C)c1ccc(N2CCN(C(=O)CN3C(=O)c4ccccc4C3=O)CC2)nn1. The van der Waals surface area contributed by atoms with Crippen LogP contribution in [0, 0.1) is 0 Å². The lowest BCUT2D eigenvalue weighted by Crippen LogP contribution is -2.52. The van der Waals surface area contributed by atoms with E-state index in [4.69, 9.17) is 0 Å². The lowest BCUT2D eigenvalue weighted by atomic mass is 10.1. The van der Waals surface area contributed by atoms with Crippen LogP contribution in [0.2, 0.25) is 0 Å². The number of benzene rings is 1. The van der Waals surface area contributed by atoms with Gasteiger partial charge in [0.25, 0.3) is 11.8 Å². The molecule has 0 radical (unpaired) electrons. The quantitative estimate of drug-likeness (QED) is 0.697. The van der Waals surface area contributed by atoms with Crippen LogP contribution >= 0.6 is 0 Å². The minimum absolute atomic E-state index is 0.229. The molecule has 9 nitrogen and oxygen atoms in total. The summed E-state index contributed by atoms with van der Waals surface area (Å²) in [6, 6.07) is 10.5. The average molecular weight is 394 g/mol. The molecule has 1 aromatic heterocycles. The summed E-state index contributed by atoms with van der Waals surface area (Å²) in [7, 11) is 3.81. The second-order valence-corrected chi connectivity index (χ2v) is 7.25. The summed E-state index contributed by atoms with van der Waals surface area (Å²) in [6.07, 6.45) is 0. The van der Waals surface area contributed by atoms with Crippen molar-refractivity contribution in [2.24, 2.45) is 0 Å². The van der Waals surface area contributed by atoms with E-state index >= 15 is 0 Å². The first-order valence-electron chi connectivity index (χ1n) is 9.44. The molecule has 150 valence electrons. The Bertz CT molecular complexity index is 916. The summed E-state index contributed by atoms with van der Waals surface area (Å²) >= 11 is 0. The lowest BCUT2D eigenvalue weighted by Gasteiger charge is -2.35. The summed E-state index contributed by atoms with van der Waals surface area (Å²) in [5.74, 6) is 0.502. The number of carbonyl (C=O) groups excluding carboxylic acids is 3. The highest BCUT2D eigenvalue weighted by atomic mass is 16.2. The topological polar surface area (TPSA) is 90.0 Å². The number of anilines is 2. The van der Waals surface area contributed by atoms with Gasteiger partial charge >= 0.3 is 0 Å². The van der Waals surface area contributed by atoms with Crippen molar-refractivity contribution in [1.29, 1.82) is 0 Å². The first-order chi connectivity index (χ1) is 14.0. The van der Waals surface area contributed by atoms with E-state index in [-0.39, 0.29) is 12.5 Å². The van der Waals surface area contributed by atoms with E-state index in [1.54, 1.807) is 29.2 Å². The first-order valence-corrected chi connectivity index (χ1v) is 9.44. The van der Waals surface area contributed by atoms with Gasteiger partial charge in [-0.1, -0.05) is 12.1 Å². The molecule has 2 aromatic rings. The van der Waals surface area contributed by atoms with Crippen LogP contribution in [0.5, 0.6) is 0 Å². The number of fused-ring (bicyclic) bond motifs is 1. The fraction of sp³-hybridized carbons (Fsp3) is 0.350. The van der Waals surface area contributed by atoms with E-state index in [2.05, 4.69) is 15.1 Å². The Labute approximate surface area is 168 Å². The van der Waals surface area contributed by atoms with Gasteiger partial charge in [0.15, 0.2) is 11.6 Å². The average Bonchev–Trinajstić information content (AvgIpc) is 2.99. The molecule has 1 aromatic carbocycles. The smallest absolute Gasteiger partial charge is 0.262 e. The zero-order valence-electron chi connectivity index (χ0n) is 16.4. The number of amides is 3. The van der Waals surface area contributed by atoms with Crippen molar-refractivity contribution in [2.45, 2.75) is 0 Å². The number of carbonyl (C=O) groups is 3. The third kappa shape index (κ3) is 3.51. The van der Waals surface area contributed by atoms with Gasteiger partial charge in [-0.25, -0.2) is 0 Å². The van der Waals surface area contributed by atoms with Gasteiger partial charge in [0.2, 0.25) is 5.91 Å². The molecule has 2 aliphatic rings. The number of rotatable bonds is 4. The van der Waals surface area contributed by atoms with Gasteiger partial charge < -0.3 is 14.7 Å². The van der Waals surface area contributed by atoms with Crippen molar-refractivity contribution < 1.29 is 14.4 Å². The van der Waals surface area contributed by atoms with Crippen molar-refractivity contribution >= 4 is 29.4 Å². The second kappa shape index (κ2) is 7.50. The van der Waals surface area contributed by atoms with Crippen LogP contribution < -0.4 is 9.80 Å². The second-order valence-electron chi connectivity index (χ2n) is 7.25. The molecule has 0 N–H and O–H groups in total. The lowest BCUT2D eigenvalue weighted by molar-refractivity contribution is -0.131. The highest BCUT2D eigenvalue weighted by Crippen LogP contribution is 2.22. The maximum atomic E-state index is 12.7. The summed E-state index contributed by atoms with van der Waals surface area (Å²) in [5.41, 5.74) is 0.713. The Morgan fingerprint density at radius 3 is 2.07 bits per heavy atom. The maximum Gasteiger partial charge on any atom is 0.262 e. The van der Waals surface area contributed by atoms with Gasteiger partial charge in [-0.05, 0) is 24.3 Å². The largest absolute Gasteiger partial charge is 0.361 e. The zero-order chi connectivity index (χ0) is 20.5. The van der Waals surface area contributed by atoms with Gasteiger partial charge in [0.1, 0.15) is 6.54 Å². The summed E-state index contributed by atoms with van der Waals surface area (Å²) in [4.78, 5) is 44.2. The Balaban J connectivity index is 1.35. The van der Waals surface area contributed by atoms with Crippen molar-refractivity contribution in [1.82, 2.24) is 20.0 Å². The predicted molar refractivity (Wildman–Crippen MR) is 107 cm³/mol. The molecule has 0 aliphatic carbocycles. The summed E-state index contributed by atoms with van der Waals surface area (Å²) in [5, 5.41) is 8.44. The number of aromatic nitrogens is 2. The van der Waals surface area contributed by atoms with Crippen LogP contribution in [0.3, 0.4) is 0 Å². The number of nitrogens with zero attached hydrogens (tertiary/aromatic N) is 6. The van der Waals surface area contributed by atoms with E-state index < -0.39 is 11.8 Å². The molecular weight excluding hydrogens is 372 g/mol. The van der Waals surface area contributed by atoms with Crippen LogP contribution in [0.4, 0.5) is 11.6 Å². The van der Waals surface area contributed by atoms with E-state index in [9.17, 15) is 14.4 Å². The number of piperazine rings is 1. The molecule has 1 fully saturated rings. The molecule has 0 saturated carbocycles. The maximum absolute atomic E-state index is 12.7. The molecule has 3 amide bonds. The van der Waals surface area contributed by atoms with E-state index in [0.717, 1.165) is 16.5 Å². The first kappa shape index (κ1) is 18.9. The van der Waals surface area contributed by atoms with Crippen LogP contribution in [0.15, 0.2) is 36.4 Å². The number of imide groups is 1.